The zero-order valence-corrected chi connectivity index (χ0v) is 18.0. The first kappa shape index (κ1) is 22.2. The second kappa shape index (κ2) is 7.84. The summed E-state index contributed by atoms with van der Waals surface area (Å²) in [6, 6.07) is 17.9. The zero-order chi connectivity index (χ0) is 23.1. The molecule has 164 valence electrons. The smallest absolute Gasteiger partial charge is 0.374 e. The number of nitrogens with zero attached hydrogens (tertiary/aromatic N) is 1. The lowest BCUT2D eigenvalue weighted by Gasteiger charge is -2.40. The van der Waals surface area contributed by atoms with Gasteiger partial charge >= 0.3 is 6.18 Å². The van der Waals surface area contributed by atoms with Crippen LogP contribution >= 0.6 is 11.6 Å². The molecular weight excluding hydrogens is 461 g/mol. The van der Waals surface area contributed by atoms with Gasteiger partial charge in [-0.05, 0) is 47.5 Å². The zero-order valence-electron chi connectivity index (χ0n) is 16.4. The fourth-order valence-electron chi connectivity index (χ4n) is 3.93. The lowest BCUT2D eigenvalue weighted by molar-refractivity contribution is -0.137. The second-order valence-electron chi connectivity index (χ2n) is 7.50. The number of nitrogens with one attached hydrogen (secondary N) is 1. The quantitative estimate of drug-likeness (QED) is 0.518. The van der Waals surface area contributed by atoms with Crippen LogP contribution in [-0.4, -0.2) is 13.2 Å². The van der Waals surface area contributed by atoms with Crippen molar-refractivity contribution in [2.45, 2.75) is 28.3 Å². The van der Waals surface area contributed by atoms with Gasteiger partial charge in [0.1, 0.15) is 0 Å². The summed E-state index contributed by atoms with van der Waals surface area (Å²) < 4.78 is 64.4. The van der Waals surface area contributed by atoms with E-state index in [4.69, 9.17) is 11.6 Å². The Hall–Kier alpha value is -3.02. The molecule has 0 fully saturated rings. The number of fused-ring (bicyclic) bond motifs is 1. The highest BCUT2D eigenvalue weighted by Gasteiger charge is 2.56. The first-order valence-electron chi connectivity index (χ1n) is 9.51. The van der Waals surface area contributed by atoms with E-state index >= 15 is 0 Å². The maximum Gasteiger partial charge on any atom is 0.416 e. The van der Waals surface area contributed by atoms with Gasteiger partial charge in [0.15, 0.2) is 4.75 Å². The lowest BCUT2D eigenvalue weighted by Crippen LogP contribution is -2.51. The summed E-state index contributed by atoms with van der Waals surface area (Å²) in [6.07, 6.45) is -4.83. The van der Waals surface area contributed by atoms with E-state index in [0.717, 1.165) is 12.1 Å². The van der Waals surface area contributed by atoms with Gasteiger partial charge in [-0.15, -0.1) is 0 Å². The number of para-hydroxylation sites is 1. The van der Waals surface area contributed by atoms with Gasteiger partial charge in [0.05, 0.1) is 28.3 Å². The first-order chi connectivity index (χ1) is 15.1. The Bertz CT molecular complexity index is 1300. The van der Waals surface area contributed by atoms with Crippen LogP contribution < -0.4 is 5.32 Å². The maximum atomic E-state index is 13.8. The minimum absolute atomic E-state index is 0.0290. The van der Waals surface area contributed by atoms with Crippen LogP contribution in [0.15, 0.2) is 77.7 Å². The number of nitriles is 1. The van der Waals surface area contributed by atoms with Gasteiger partial charge in [-0.2, -0.15) is 18.4 Å². The van der Waals surface area contributed by atoms with E-state index in [-0.39, 0.29) is 11.3 Å². The van der Waals surface area contributed by atoms with Crippen LogP contribution in [0.2, 0.25) is 5.02 Å². The van der Waals surface area contributed by atoms with Crippen LogP contribution in [0.4, 0.5) is 18.9 Å². The van der Waals surface area contributed by atoms with E-state index < -0.39 is 32.4 Å². The van der Waals surface area contributed by atoms with Gasteiger partial charge in [0, 0.05) is 11.4 Å². The number of alkyl halides is 3. The molecule has 3 aromatic rings. The molecule has 0 spiro atoms. The molecule has 1 aliphatic heterocycles. The van der Waals surface area contributed by atoms with E-state index in [0.29, 0.717) is 21.8 Å². The summed E-state index contributed by atoms with van der Waals surface area (Å²) in [4.78, 5) is -0.0290. The fraction of sp³-hybridized carbons (Fsp3) is 0.174. The van der Waals surface area contributed by atoms with Gasteiger partial charge in [-0.1, -0.05) is 48.0 Å². The summed E-state index contributed by atoms with van der Waals surface area (Å²) in [5, 5.41) is 13.9. The summed E-state index contributed by atoms with van der Waals surface area (Å²) in [7, 11) is -4.22. The number of sulfone groups is 1. The van der Waals surface area contributed by atoms with E-state index in [9.17, 15) is 26.9 Å². The van der Waals surface area contributed by atoms with Crippen molar-refractivity contribution >= 4 is 27.1 Å². The number of benzene rings is 3. The highest BCUT2D eigenvalue weighted by atomic mass is 35.5. The van der Waals surface area contributed by atoms with Crippen molar-refractivity contribution in [3.63, 3.8) is 0 Å². The standard InChI is InChI=1S/C23H16ClF3N2O2S/c24-18-11-7-16(8-12-18)21-22(14-28,13-15-5-9-17(10-6-15)23(25,26)27)32(30,31)20-4-2-1-3-19(20)29-21/h1-12,21,29H,13H2. The molecule has 0 saturated carbocycles. The molecule has 2 atom stereocenters. The topological polar surface area (TPSA) is 70.0 Å². The summed E-state index contributed by atoms with van der Waals surface area (Å²) in [6.45, 7) is 0. The van der Waals surface area contributed by atoms with Crippen LogP contribution in [-0.2, 0) is 22.4 Å². The number of rotatable bonds is 3. The van der Waals surface area contributed by atoms with Crippen LogP contribution in [0, 0.1) is 11.3 Å². The van der Waals surface area contributed by atoms with Crippen molar-refractivity contribution < 1.29 is 21.6 Å². The normalized spacial score (nSPS) is 21.8. The molecule has 32 heavy (non-hydrogen) atoms. The Kier molecular flexibility index (Phi) is 5.43. The average molecular weight is 477 g/mol. The van der Waals surface area contributed by atoms with Crippen LogP contribution in [0.25, 0.3) is 0 Å². The average Bonchev–Trinajstić information content (AvgIpc) is 2.76. The molecule has 2 unspecified atom stereocenters. The summed E-state index contributed by atoms with van der Waals surface area (Å²) >= 11 is 5.98. The largest absolute Gasteiger partial charge is 0.416 e. The van der Waals surface area contributed by atoms with Gasteiger partial charge in [-0.25, -0.2) is 8.42 Å². The van der Waals surface area contributed by atoms with Gasteiger partial charge in [0.25, 0.3) is 0 Å². The fourth-order valence-corrected chi connectivity index (χ4v) is 6.10. The van der Waals surface area contributed by atoms with Crippen LogP contribution in [0.3, 0.4) is 0 Å². The summed E-state index contributed by atoms with van der Waals surface area (Å²) in [5.74, 6) is 0. The molecule has 1 N–H and O–H groups in total. The molecule has 0 aromatic heterocycles. The Morgan fingerprint density at radius 3 is 2.22 bits per heavy atom. The van der Waals surface area contributed by atoms with Crippen molar-refractivity contribution in [1.82, 2.24) is 0 Å². The molecule has 0 saturated heterocycles. The van der Waals surface area contributed by atoms with E-state index in [1.165, 1.54) is 18.2 Å². The monoisotopic (exact) mass is 476 g/mol. The van der Waals surface area contributed by atoms with Gasteiger partial charge in [-0.3, -0.25) is 0 Å². The molecule has 1 heterocycles. The Labute approximate surface area is 188 Å². The van der Waals surface area contributed by atoms with Crippen molar-refractivity contribution in [2.24, 2.45) is 0 Å². The van der Waals surface area contributed by atoms with E-state index in [1.807, 2.05) is 6.07 Å². The SMILES string of the molecule is N#CC1(Cc2ccc(C(F)(F)F)cc2)C(c2ccc(Cl)cc2)Nc2ccccc2S1(=O)=O. The molecule has 4 rings (SSSR count). The molecule has 9 heteroatoms. The van der Waals surface area contributed by atoms with Crippen molar-refractivity contribution in [2.75, 3.05) is 5.32 Å². The van der Waals surface area contributed by atoms with E-state index in [1.54, 1.807) is 42.5 Å². The van der Waals surface area contributed by atoms with Crippen molar-refractivity contribution in [3.8, 4) is 6.07 Å². The minimum atomic E-state index is -4.52. The van der Waals surface area contributed by atoms with Crippen molar-refractivity contribution in [1.29, 1.82) is 5.26 Å². The third-order valence-electron chi connectivity index (χ3n) is 5.56. The molecule has 0 aliphatic carbocycles. The molecular formula is C23H16ClF3N2O2S. The molecule has 0 radical (unpaired) electrons. The highest BCUT2D eigenvalue weighted by molar-refractivity contribution is 7.93. The lowest BCUT2D eigenvalue weighted by atomic mass is 9.87. The molecule has 1 aliphatic rings. The third kappa shape index (κ3) is 3.61. The number of halogens is 4. The molecule has 0 amide bonds. The van der Waals surface area contributed by atoms with Crippen LogP contribution in [0.1, 0.15) is 22.7 Å². The van der Waals surface area contributed by atoms with Crippen molar-refractivity contribution in [3.05, 3.63) is 94.5 Å². The molecule has 0 bridgehead atoms. The van der Waals surface area contributed by atoms with Gasteiger partial charge < -0.3 is 5.32 Å². The number of hydrogen-bond donors (Lipinski definition) is 1. The van der Waals surface area contributed by atoms with E-state index in [2.05, 4.69) is 5.32 Å². The third-order valence-corrected chi connectivity index (χ3v) is 8.18. The Morgan fingerprint density at radius 1 is 1.00 bits per heavy atom. The highest BCUT2D eigenvalue weighted by Crippen LogP contribution is 2.48. The molecule has 4 nitrogen and oxygen atoms in total. The summed E-state index contributed by atoms with van der Waals surface area (Å²) in [5.41, 5.74) is 0.312. The van der Waals surface area contributed by atoms with Gasteiger partial charge in [0.2, 0.25) is 9.84 Å². The number of anilines is 1. The predicted octanol–water partition coefficient (Wildman–Crippen LogP) is 5.80. The maximum absolute atomic E-state index is 13.8. The van der Waals surface area contributed by atoms with Crippen LogP contribution in [0.5, 0.6) is 0 Å². The Balaban J connectivity index is 1.88. The Morgan fingerprint density at radius 2 is 1.62 bits per heavy atom. The first-order valence-corrected chi connectivity index (χ1v) is 11.4. The second-order valence-corrected chi connectivity index (χ2v) is 10.1. The predicted molar refractivity (Wildman–Crippen MR) is 115 cm³/mol. The minimum Gasteiger partial charge on any atom is -0.374 e. The number of hydrogen-bond acceptors (Lipinski definition) is 4. The molecule has 3 aromatic carbocycles.